The molecule has 0 radical (unpaired) electrons. The minimum absolute atomic E-state index is 0. The van der Waals surface area contributed by atoms with Crippen LogP contribution in [0.25, 0.3) is 0 Å². The molecule has 18 heteroatoms. The highest BCUT2D eigenvalue weighted by Gasteiger charge is 2.20. The lowest BCUT2D eigenvalue weighted by Crippen LogP contribution is -2.49. The lowest BCUT2D eigenvalue weighted by molar-refractivity contribution is -0.139. The van der Waals surface area contributed by atoms with Crippen LogP contribution in [-0.4, -0.2) is 102 Å². The fourth-order valence-corrected chi connectivity index (χ4v) is 1.41. The van der Waals surface area contributed by atoms with Gasteiger partial charge in [0.1, 0.15) is 18.6 Å². The molecule has 178 valence electrons. The number of carboxylic acid groups (broad SMARTS) is 2. The van der Waals surface area contributed by atoms with Gasteiger partial charge in [0.25, 0.3) is 0 Å². The Hall–Kier alpha value is -2.13. The Morgan fingerprint density at radius 1 is 0.893 bits per heavy atom. The second-order valence-corrected chi connectivity index (χ2v) is 4.26. The maximum absolute atomic E-state index is 11.5. The molecule has 22 N–H and O–H groups in total. The molecule has 0 saturated heterocycles. The van der Waals surface area contributed by atoms with Gasteiger partial charge in [-0.15, -0.1) is 0 Å². The van der Waals surface area contributed by atoms with Crippen LogP contribution in [0, 0.1) is 0 Å². The first-order valence-corrected chi connectivity index (χ1v) is 6.29. The van der Waals surface area contributed by atoms with Gasteiger partial charge in [-0.25, -0.2) is 0 Å². The first-order chi connectivity index (χ1) is 9.27. The minimum atomic E-state index is -1.22. The number of hydrogen-bond acceptors (Lipinski definition) is 6. The number of nitrogens with two attached hydrogens (primary N) is 1. The molecule has 0 aromatic heterocycles. The number of thiol groups is 1. The lowest BCUT2D eigenvalue weighted by Gasteiger charge is -2.16. The average Bonchev–Trinajstić information content (AvgIpc) is 2.38. The Morgan fingerprint density at radius 2 is 1.32 bits per heavy atom. The summed E-state index contributed by atoms with van der Waals surface area (Å²) in [7, 11) is 0. The van der Waals surface area contributed by atoms with Gasteiger partial charge in [0.05, 0.1) is 0 Å². The standard InChI is InChI=1S/C10H17N3O6S.8H2O/c11-5(10(18)19)1-2-7(14)13-6(4-20)9(17)12-3-8(15)16;;;;;;;;/h5-6,20H,1-4,11H2,(H,12,17)(H,13,14)(H,15,16)(H,18,19);8*1H2/t5-,6-;;;;;;;;/m0......../s1. The molecule has 0 bridgehead atoms. The molecule has 28 heavy (non-hydrogen) atoms. The number of nitrogens with one attached hydrogen (secondary N) is 2. The van der Waals surface area contributed by atoms with E-state index in [1.165, 1.54) is 0 Å². The van der Waals surface area contributed by atoms with Crippen LogP contribution in [0.15, 0.2) is 0 Å². The molecular formula is C10H33N3O14S. The first kappa shape index (κ1) is 56.2. The molecule has 0 aliphatic carbocycles. The zero-order valence-corrected chi connectivity index (χ0v) is 15.4. The summed E-state index contributed by atoms with van der Waals surface area (Å²) in [5.41, 5.74) is 5.23. The summed E-state index contributed by atoms with van der Waals surface area (Å²) >= 11 is 3.87. The summed E-state index contributed by atoms with van der Waals surface area (Å²) in [5, 5.41) is 21.4. The highest BCUT2D eigenvalue weighted by molar-refractivity contribution is 7.80. The van der Waals surface area contributed by atoms with E-state index in [1.807, 2.05) is 0 Å². The van der Waals surface area contributed by atoms with E-state index in [1.54, 1.807) is 0 Å². The van der Waals surface area contributed by atoms with Gasteiger partial charge >= 0.3 is 11.9 Å². The number of carbonyl (C=O) groups excluding carboxylic acids is 2. The predicted molar refractivity (Wildman–Crippen MR) is 100 cm³/mol. The van der Waals surface area contributed by atoms with E-state index >= 15 is 0 Å². The Bertz CT molecular complexity index is 400. The Morgan fingerprint density at radius 3 is 1.64 bits per heavy atom. The zero-order chi connectivity index (χ0) is 15.7. The summed E-state index contributed by atoms with van der Waals surface area (Å²) in [6, 6.07) is -2.15. The molecule has 0 rings (SSSR count). The van der Waals surface area contributed by atoms with Crippen molar-refractivity contribution in [2.45, 2.75) is 24.9 Å². The maximum atomic E-state index is 11.5. The molecule has 17 nitrogen and oxygen atoms in total. The molecule has 0 heterocycles. The van der Waals surface area contributed by atoms with Gasteiger partial charge in [-0.05, 0) is 6.42 Å². The van der Waals surface area contributed by atoms with E-state index in [9.17, 15) is 19.2 Å². The number of aliphatic carboxylic acids is 2. The smallest absolute Gasteiger partial charge is 0.322 e. The van der Waals surface area contributed by atoms with Gasteiger partial charge in [-0.1, -0.05) is 0 Å². The van der Waals surface area contributed by atoms with Crippen molar-refractivity contribution in [3.63, 3.8) is 0 Å². The topological polar surface area (TPSA) is 411 Å². The largest absolute Gasteiger partial charge is 0.480 e. The molecule has 0 fully saturated rings. The molecular weight excluding hydrogens is 418 g/mol. The third-order valence-corrected chi connectivity index (χ3v) is 2.61. The Kier molecular flexibility index (Phi) is 59.5. The van der Waals surface area contributed by atoms with Crippen LogP contribution in [0.2, 0.25) is 0 Å². The van der Waals surface area contributed by atoms with Crippen LogP contribution in [0.5, 0.6) is 0 Å². The summed E-state index contributed by atoms with van der Waals surface area (Å²) < 4.78 is 0. The average molecular weight is 451 g/mol. The number of carbonyl (C=O) groups is 4. The van der Waals surface area contributed by atoms with E-state index in [0.29, 0.717) is 0 Å². The second-order valence-electron chi connectivity index (χ2n) is 3.90. The zero-order valence-electron chi connectivity index (χ0n) is 14.5. The fraction of sp³-hybridized carbons (Fsp3) is 0.600. The predicted octanol–water partition coefficient (Wildman–Crippen LogP) is -8.80. The van der Waals surface area contributed by atoms with Gasteiger partial charge in [-0.3, -0.25) is 19.2 Å². The quantitative estimate of drug-likeness (QED) is 0.183. The molecule has 0 aliphatic heterocycles. The van der Waals surface area contributed by atoms with Crippen molar-refractivity contribution < 1.29 is 73.2 Å². The molecule has 2 atom stereocenters. The van der Waals surface area contributed by atoms with E-state index in [-0.39, 0.29) is 62.4 Å². The van der Waals surface area contributed by atoms with E-state index < -0.39 is 42.4 Å². The van der Waals surface area contributed by atoms with Crippen LogP contribution < -0.4 is 16.4 Å². The lowest BCUT2D eigenvalue weighted by atomic mass is 10.1. The minimum Gasteiger partial charge on any atom is -0.480 e. The Balaban J connectivity index is -0.0000000645. The summed E-state index contributed by atoms with van der Waals surface area (Å²) in [6.45, 7) is -0.567. The van der Waals surface area contributed by atoms with Crippen molar-refractivity contribution >= 4 is 36.4 Å². The van der Waals surface area contributed by atoms with Gasteiger partial charge in [0.15, 0.2) is 0 Å². The molecule has 2 amide bonds. The Labute approximate surface area is 164 Å². The first-order valence-electron chi connectivity index (χ1n) is 5.66. The van der Waals surface area contributed by atoms with Gasteiger partial charge in [0, 0.05) is 12.2 Å². The van der Waals surface area contributed by atoms with E-state index in [0.717, 1.165) is 0 Å². The third kappa shape index (κ3) is 26.1. The summed E-state index contributed by atoms with van der Waals surface area (Å²) in [4.78, 5) is 43.7. The monoisotopic (exact) mass is 451 g/mol. The molecule has 0 spiro atoms. The fourth-order valence-electron chi connectivity index (χ4n) is 1.16. The number of hydrogen-bond donors (Lipinski definition) is 6. The SMILES string of the molecule is N[C@@H](CCC(=O)N[C@@H](CS)C(=O)NCC(=O)O)C(=O)O.O.O.O.O.O.O.O.O. The molecule has 0 saturated carbocycles. The van der Waals surface area contributed by atoms with Crippen molar-refractivity contribution in [1.29, 1.82) is 0 Å². The van der Waals surface area contributed by atoms with Crippen LogP contribution in [-0.2, 0) is 19.2 Å². The van der Waals surface area contributed by atoms with Crippen molar-refractivity contribution in [3.05, 3.63) is 0 Å². The number of amides is 2. The molecule has 0 aromatic rings. The third-order valence-electron chi connectivity index (χ3n) is 2.25. The molecule has 0 aromatic carbocycles. The van der Waals surface area contributed by atoms with Crippen molar-refractivity contribution in [1.82, 2.24) is 10.6 Å². The van der Waals surface area contributed by atoms with E-state index in [2.05, 4.69) is 23.3 Å². The van der Waals surface area contributed by atoms with Gasteiger partial charge in [-0.2, -0.15) is 12.6 Å². The van der Waals surface area contributed by atoms with Gasteiger partial charge in [0.2, 0.25) is 11.8 Å². The van der Waals surface area contributed by atoms with Crippen molar-refractivity contribution in [2.75, 3.05) is 12.3 Å². The number of carboxylic acids is 2. The highest BCUT2D eigenvalue weighted by atomic mass is 32.1. The van der Waals surface area contributed by atoms with Crippen LogP contribution >= 0.6 is 12.6 Å². The molecule has 0 aliphatic rings. The van der Waals surface area contributed by atoms with Crippen LogP contribution in [0.1, 0.15) is 12.8 Å². The second kappa shape index (κ2) is 29.6. The van der Waals surface area contributed by atoms with Crippen LogP contribution in [0.3, 0.4) is 0 Å². The van der Waals surface area contributed by atoms with Crippen molar-refractivity contribution in [3.8, 4) is 0 Å². The van der Waals surface area contributed by atoms with Gasteiger partial charge < -0.3 is 70.4 Å². The maximum Gasteiger partial charge on any atom is 0.322 e. The van der Waals surface area contributed by atoms with E-state index in [4.69, 9.17) is 15.9 Å². The molecule has 0 unspecified atom stereocenters. The normalized spacial score (nSPS) is 9.36. The van der Waals surface area contributed by atoms with Crippen molar-refractivity contribution in [2.24, 2.45) is 5.73 Å². The number of rotatable bonds is 9. The summed E-state index contributed by atoms with van der Waals surface area (Å²) in [5.74, 6) is -3.70. The highest BCUT2D eigenvalue weighted by Crippen LogP contribution is 1.97. The van der Waals surface area contributed by atoms with Crippen LogP contribution in [0.4, 0.5) is 0 Å². The summed E-state index contributed by atoms with van der Waals surface area (Å²) in [6.07, 6.45) is -0.235.